The summed E-state index contributed by atoms with van der Waals surface area (Å²) in [7, 11) is -2.28. The lowest BCUT2D eigenvalue weighted by Crippen LogP contribution is -2.23. The number of aromatic amines is 1. The highest BCUT2D eigenvalue weighted by molar-refractivity contribution is 7.89. The summed E-state index contributed by atoms with van der Waals surface area (Å²) in [5.41, 5.74) is 2.33. The Labute approximate surface area is 168 Å². The van der Waals surface area contributed by atoms with Gasteiger partial charge in [0, 0.05) is 17.7 Å². The van der Waals surface area contributed by atoms with Gasteiger partial charge in [0.05, 0.1) is 35.5 Å². The predicted molar refractivity (Wildman–Crippen MR) is 107 cm³/mol. The van der Waals surface area contributed by atoms with Crippen molar-refractivity contribution in [1.29, 1.82) is 0 Å². The fraction of sp³-hybridized carbons (Fsp3) is 0.211. The van der Waals surface area contributed by atoms with Crippen LogP contribution in [0.25, 0.3) is 11.3 Å². The largest absolute Gasteiger partial charge is 0.495 e. The summed E-state index contributed by atoms with van der Waals surface area (Å²) in [6.45, 7) is 2.58. The van der Waals surface area contributed by atoms with Gasteiger partial charge in [0.1, 0.15) is 11.5 Å². The number of hydrogen-bond donors (Lipinski definition) is 2. The molecule has 0 spiro atoms. The van der Waals surface area contributed by atoms with Crippen molar-refractivity contribution in [3.8, 4) is 22.8 Å². The number of hydrogen-bond acceptors (Lipinski definition) is 5. The molecule has 0 amide bonds. The molecule has 0 saturated heterocycles. The number of rotatable bonds is 8. The molecule has 28 heavy (non-hydrogen) atoms. The standard InChI is InChI=1S/C19H20ClN3O4S/c1-3-27-15-6-4-13(5-7-15)19-14(11-21-23-19)12-22-28(24,25)16-8-9-18(26-2)17(20)10-16/h4-11,22H,3,12H2,1-2H3,(H,21,23). The third kappa shape index (κ3) is 4.46. The van der Waals surface area contributed by atoms with E-state index in [2.05, 4.69) is 14.9 Å². The van der Waals surface area contributed by atoms with Gasteiger partial charge in [0.15, 0.2) is 0 Å². The monoisotopic (exact) mass is 421 g/mol. The molecule has 3 aromatic rings. The SMILES string of the molecule is CCOc1ccc(-c2[nH]ncc2CNS(=O)(=O)c2ccc(OC)c(Cl)c2)cc1. The highest BCUT2D eigenvalue weighted by Crippen LogP contribution is 2.27. The van der Waals surface area contributed by atoms with Crippen LogP contribution in [0.5, 0.6) is 11.5 Å². The lowest BCUT2D eigenvalue weighted by Gasteiger charge is -2.10. The molecule has 2 N–H and O–H groups in total. The topological polar surface area (TPSA) is 93.3 Å². The molecule has 0 radical (unpaired) electrons. The number of sulfonamides is 1. The molecular formula is C19H20ClN3O4S. The summed E-state index contributed by atoms with van der Waals surface area (Å²) in [5.74, 6) is 1.18. The smallest absolute Gasteiger partial charge is 0.240 e. The van der Waals surface area contributed by atoms with Gasteiger partial charge in [-0.05, 0) is 49.4 Å². The van der Waals surface area contributed by atoms with Gasteiger partial charge in [-0.15, -0.1) is 0 Å². The molecular weight excluding hydrogens is 402 g/mol. The Hall–Kier alpha value is -2.55. The Balaban J connectivity index is 1.76. The molecule has 1 aromatic heterocycles. The molecule has 7 nitrogen and oxygen atoms in total. The number of methoxy groups -OCH3 is 1. The summed E-state index contributed by atoms with van der Waals surface area (Å²) < 4.78 is 38.2. The number of ether oxygens (including phenoxy) is 2. The van der Waals surface area contributed by atoms with E-state index in [9.17, 15) is 8.42 Å². The zero-order chi connectivity index (χ0) is 20.1. The zero-order valence-electron chi connectivity index (χ0n) is 15.4. The average Bonchev–Trinajstić information content (AvgIpc) is 3.16. The number of H-pyrrole nitrogens is 1. The maximum Gasteiger partial charge on any atom is 0.240 e. The van der Waals surface area contributed by atoms with Crippen molar-refractivity contribution in [3.63, 3.8) is 0 Å². The number of aromatic nitrogens is 2. The van der Waals surface area contributed by atoms with Crippen LogP contribution in [0.1, 0.15) is 12.5 Å². The molecule has 0 bridgehead atoms. The number of nitrogens with zero attached hydrogens (tertiary/aromatic N) is 1. The second-order valence-electron chi connectivity index (χ2n) is 5.85. The first kappa shape index (κ1) is 20.2. The van der Waals surface area contributed by atoms with E-state index in [1.165, 1.54) is 25.3 Å². The van der Waals surface area contributed by atoms with Gasteiger partial charge < -0.3 is 9.47 Å². The molecule has 0 unspecified atom stereocenters. The van der Waals surface area contributed by atoms with Crippen LogP contribution < -0.4 is 14.2 Å². The van der Waals surface area contributed by atoms with Crippen LogP contribution in [-0.2, 0) is 16.6 Å². The first-order valence-corrected chi connectivity index (χ1v) is 10.4. The Bertz CT molecular complexity index is 1050. The van der Waals surface area contributed by atoms with E-state index in [4.69, 9.17) is 21.1 Å². The predicted octanol–water partition coefficient (Wildman–Crippen LogP) is 3.62. The molecule has 0 aliphatic rings. The lowest BCUT2D eigenvalue weighted by molar-refractivity contribution is 0.340. The van der Waals surface area contributed by atoms with E-state index < -0.39 is 10.0 Å². The first-order chi connectivity index (χ1) is 13.4. The zero-order valence-corrected chi connectivity index (χ0v) is 17.0. The average molecular weight is 422 g/mol. The molecule has 0 aliphatic heterocycles. The maximum atomic E-state index is 12.6. The van der Waals surface area contributed by atoms with Crippen molar-refractivity contribution in [2.45, 2.75) is 18.4 Å². The molecule has 2 aromatic carbocycles. The fourth-order valence-electron chi connectivity index (χ4n) is 2.65. The van der Waals surface area contributed by atoms with Crippen LogP contribution in [0.2, 0.25) is 5.02 Å². The molecule has 0 aliphatic carbocycles. The van der Waals surface area contributed by atoms with E-state index in [0.29, 0.717) is 17.9 Å². The van der Waals surface area contributed by atoms with Crippen molar-refractivity contribution in [2.24, 2.45) is 0 Å². The van der Waals surface area contributed by atoms with Gasteiger partial charge in [0.2, 0.25) is 10.0 Å². The molecule has 0 atom stereocenters. The van der Waals surface area contributed by atoms with Gasteiger partial charge in [-0.25, -0.2) is 13.1 Å². The Morgan fingerprint density at radius 2 is 1.93 bits per heavy atom. The minimum Gasteiger partial charge on any atom is -0.495 e. The van der Waals surface area contributed by atoms with Crippen molar-refractivity contribution in [3.05, 3.63) is 59.2 Å². The summed E-state index contributed by atoms with van der Waals surface area (Å²) >= 11 is 6.03. The third-order valence-corrected chi connectivity index (χ3v) is 5.75. The van der Waals surface area contributed by atoms with E-state index in [1.54, 1.807) is 6.20 Å². The number of halogens is 1. The van der Waals surface area contributed by atoms with Crippen LogP contribution in [0, 0.1) is 0 Å². The van der Waals surface area contributed by atoms with E-state index in [-0.39, 0.29) is 16.5 Å². The Morgan fingerprint density at radius 3 is 2.57 bits per heavy atom. The number of nitrogens with one attached hydrogen (secondary N) is 2. The van der Waals surface area contributed by atoms with Crippen LogP contribution in [-0.4, -0.2) is 32.3 Å². The summed E-state index contributed by atoms with van der Waals surface area (Å²) in [6, 6.07) is 11.8. The molecule has 0 saturated carbocycles. The minimum absolute atomic E-state index is 0.0596. The van der Waals surface area contributed by atoms with Crippen LogP contribution in [0.3, 0.4) is 0 Å². The normalized spacial score (nSPS) is 11.4. The van der Waals surface area contributed by atoms with Gasteiger partial charge >= 0.3 is 0 Å². The van der Waals surface area contributed by atoms with Crippen LogP contribution >= 0.6 is 11.6 Å². The lowest BCUT2D eigenvalue weighted by atomic mass is 10.1. The Kier molecular flexibility index (Phi) is 6.23. The van der Waals surface area contributed by atoms with Crippen LogP contribution in [0.4, 0.5) is 0 Å². The third-order valence-electron chi connectivity index (χ3n) is 4.06. The molecule has 9 heteroatoms. The van der Waals surface area contributed by atoms with Crippen molar-refractivity contribution >= 4 is 21.6 Å². The van der Waals surface area contributed by atoms with Crippen molar-refractivity contribution < 1.29 is 17.9 Å². The minimum atomic E-state index is -3.75. The van der Waals surface area contributed by atoms with E-state index >= 15 is 0 Å². The van der Waals surface area contributed by atoms with Gasteiger partial charge in [-0.2, -0.15) is 5.10 Å². The van der Waals surface area contributed by atoms with E-state index in [1.807, 2.05) is 31.2 Å². The highest BCUT2D eigenvalue weighted by Gasteiger charge is 2.17. The molecule has 148 valence electrons. The van der Waals surface area contributed by atoms with Gasteiger partial charge in [0.25, 0.3) is 0 Å². The quantitative estimate of drug-likeness (QED) is 0.579. The molecule has 1 heterocycles. The highest BCUT2D eigenvalue weighted by atomic mass is 35.5. The number of benzene rings is 2. The molecule has 0 fully saturated rings. The first-order valence-electron chi connectivity index (χ1n) is 8.53. The van der Waals surface area contributed by atoms with Gasteiger partial charge in [-0.3, -0.25) is 5.10 Å². The summed E-state index contributed by atoms with van der Waals surface area (Å²) in [5, 5.41) is 7.17. The fourth-order valence-corrected chi connectivity index (χ4v) is 4.00. The van der Waals surface area contributed by atoms with Crippen molar-refractivity contribution in [1.82, 2.24) is 14.9 Å². The van der Waals surface area contributed by atoms with E-state index in [0.717, 1.165) is 17.0 Å². The second kappa shape index (κ2) is 8.64. The van der Waals surface area contributed by atoms with Crippen LogP contribution in [0.15, 0.2) is 53.6 Å². The van der Waals surface area contributed by atoms with Crippen molar-refractivity contribution in [2.75, 3.05) is 13.7 Å². The van der Waals surface area contributed by atoms with Gasteiger partial charge in [-0.1, -0.05) is 11.6 Å². The Morgan fingerprint density at radius 1 is 1.18 bits per heavy atom. The molecule has 3 rings (SSSR count). The summed E-state index contributed by atoms with van der Waals surface area (Å²) in [6.07, 6.45) is 1.59. The summed E-state index contributed by atoms with van der Waals surface area (Å²) in [4.78, 5) is 0.0596. The maximum absolute atomic E-state index is 12.6. The second-order valence-corrected chi connectivity index (χ2v) is 8.02.